The Kier molecular flexibility index (Phi) is 13.7. The zero-order valence-electron chi connectivity index (χ0n) is 28.3. The lowest BCUT2D eigenvalue weighted by atomic mass is 9.84. The van der Waals surface area contributed by atoms with Crippen molar-refractivity contribution in [2.45, 2.75) is 139 Å². The Balaban J connectivity index is 1.59. The lowest BCUT2D eigenvalue weighted by Crippen LogP contribution is -2.39. The summed E-state index contributed by atoms with van der Waals surface area (Å²) in [4.78, 5) is 2.36. The summed E-state index contributed by atoms with van der Waals surface area (Å²) in [7, 11) is 0. The third-order valence-electron chi connectivity index (χ3n) is 8.86. The monoisotopic (exact) mass is 581 g/mol. The first kappa shape index (κ1) is 34.4. The maximum atomic E-state index is 6.89. The summed E-state index contributed by atoms with van der Waals surface area (Å²) >= 11 is 0. The molecule has 0 aliphatic carbocycles. The van der Waals surface area contributed by atoms with E-state index in [1.165, 1.54) is 45.4 Å². The fourth-order valence-electron chi connectivity index (χ4n) is 6.10. The molecular formula is C37H59NO4. The molecule has 0 radical (unpaired) electrons. The van der Waals surface area contributed by atoms with Crippen LogP contribution in [0.5, 0.6) is 11.5 Å². The highest BCUT2D eigenvalue weighted by Gasteiger charge is 2.36. The number of hydrogen-bond acceptors (Lipinski definition) is 5. The van der Waals surface area contributed by atoms with Crippen molar-refractivity contribution in [2.75, 3.05) is 26.5 Å². The Morgan fingerprint density at radius 1 is 0.881 bits per heavy atom. The molecule has 1 aromatic rings. The minimum atomic E-state index is -0.157. The Labute approximate surface area is 257 Å². The first-order valence-electron chi connectivity index (χ1n) is 16.4. The molecule has 0 spiro atoms. The van der Waals surface area contributed by atoms with Gasteiger partial charge in [-0.1, -0.05) is 34.9 Å². The zero-order chi connectivity index (χ0) is 30.7. The predicted octanol–water partition coefficient (Wildman–Crippen LogP) is 9.53. The van der Waals surface area contributed by atoms with Crippen LogP contribution in [0.1, 0.15) is 122 Å². The molecule has 0 unspecified atom stereocenters. The van der Waals surface area contributed by atoms with E-state index in [9.17, 15) is 0 Å². The third kappa shape index (κ3) is 9.99. The average molecular weight is 582 g/mol. The molecule has 0 fully saturated rings. The Bertz CT molecular complexity index is 1110. The molecule has 0 amide bonds. The second-order valence-electron chi connectivity index (χ2n) is 12.9. The van der Waals surface area contributed by atoms with Crippen molar-refractivity contribution in [3.63, 3.8) is 0 Å². The fraction of sp³-hybridized carbons (Fsp3) is 0.676. The summed E-state index contributed by atoms with van der Waals surface area (Å²) in [5.74, 6) is 2.17. The van der Waals surface area contributed by atoms with E-state index >= 15 is 0 Å². The summed E-state index contributed by atoms with van der Waals surface area (Å²) in [5.41, 5.74) is 9.36. The van der Waals surface area contributed by atoms with Gasteiger partial charge in [-0.15, -0.1) is 0 Å². The molecule has 5 nitrogen and oxygen atoms in total. The molecule has 0 saturated carbocycles. The van der Waals surface area contributed by atoms with E-state index in [1.54, 1.807) is 0 Å². The van der Waals surface area contributed by atoms with Crippen molar-refractivity contribution in [1.29, 1.82) is 0 Å². The standard InChI is InChI=1S/C37H59NO4/c1-10-39-34(40-11-2)21-24-38-25-33-32-20-23-37(9,42-36(32)31(8)30(7)35(33)41-26-38)22-14-19-29(6)18-13-17-28(5)16-12-15-27(3)4/h15,17,19,34H,10-14,16,18,20-26H2,1-9H3/t37-/m1/s1. The summed E-state index contributed by atoms with van der Waals surface area (Å²) in [6.45, 7) is 23.3. The third-order valence-corrected chi connectivity index (χ3v) is 8.86. The van der Waals surface area contributed by atoms with Crippen molar-refractivity contribution in [3.8, 4) is 11.5 Å². The number of nitrogens with zero attached hydrogens (tertiary/aromatic N) is 1. The first-order valence-corrected chi connectivity index (χ1v) is 16.4. The van der Waals surface area contributed by atoms with Crippen LogP contribution in [0.2, 0.25) is 0 Å². The van der Waals surface area contributed by atoms with Crippen LogP contribution < -0.4 is 9.47 Å². The highest BCUT2D eigenvalue weighted by atomic mass is 16.7. The number of ether oxygens (including phenoxy) is 4. The topological polar surface area (TPSA) is 40.2 Å². The second kappa shape index (κ2) is 16.7. The number of benzene rings is 1. The molecule has 0 aromatic heterocycles. The Morgan fingerprint density at radius 3 is 2.14 bits per heavy atom. The molecule has 2 heterocycles. The molecular weight excluding hydrogens is 522 g/mol. The van der Waals surface area contributed by atoms with Crippen LogP contribution in [-0.4, -0.2) is 43.3 Å². The maximum Gasteiger partial charge on any atom is 0.158 e. The first-order chi connectivity index (χ1) is 20.1. The summed E-state index contributed by atoms with van der Waals surface area (Å²) in [6, 6.07) is 0. The molecule has 0 N–H and O–H groups in total. The van der Waals surface area contributed by atoms with Crippen molar-refractivity contribution in [3.05, 3.63) is 57.2 Å². The second-order valence-corrected chi connectivity index (χ2v) is 12.9. The van der Waals surface area contributed by atoms with Crippen LogP contribution in [0.3, 0.4) is 0 Å². The van der Waals surface area contributed by atoms with Gasteiger partial charge in [0.05, 0.1) is 0 Å². The van der Waals surface area contributed by atoms with Crippen LogP contribution >= 0.6 is 0 Å². The lowest BCUT2D eigenvalue weighted by molar-refractivity contribution is -0.143. The van der Waals surface area contributed by atoms with Gasteiger partial charge in [0.25, 0.3) is 0 Å². The van der Waals surface area contributed by atoms with Gasteiger partial charge in [-0.05, 0) is 125 Å². The van der Waals surface area contributed by atoms with E-state index in [0.29, 0.717) is 19.9 Å². The van der Waals surface area contributed by atoms with Gasteiger partial charge in [0, 0.05) is 43.9 Å². The van der Waals surface area contributed by atoms with Gasteiger partial charge >= 0.3 is 0 Å². The van der Waals surface area contributed by atoms with Crippen molar-refractivity contribution >= 4 is 0 Å². The number of allylic oxidation sites excluding steroid dienone is 6. The quantitative estimate of drug-likeness (QED) is 0.144. The van der Waals surface area contributed by atoms with E-state index in [0.717, 1.165) is 76.0 Å². The van der Waals surface area contributed by atoms with Gasteiger partial charge in [-0.2, -0.15) is 0 Å². The van der Waals surface area contributed by atoms with Crippen molar-refractivity contribution in [1.82, 2.24) is 4.90 Å². The van der Waals surface area contributed by atoms with Gasteiger partial charge in [-0.25, -0.2) is 0 Å². The van der Waals surface area contributed by atoms with E-state index in [-0.39, 0.29) is 11.9 Å². The molecule has 2 aliphatic heterocycles. The highest BCUT2D eigenvalue weighted by Crippen LogP contribution is 2.46. The van der Waals surface area contributed by atoms with Gasteiger partial charge < -0.3 is 18.9 Å². The number of fused-ring (bicyclic) bond motifs is 3. The van der Waals surface area contributed by atoms with Gasteiger partial charge in [0.15, 0.2) is 6.29 Å². The smallest absolute Gasteiger partial charge is 0.158 e. The maximum absolute atomic E-state index is 6.89. The van der Waals surface area contributed by atoms with E-state index < -0.39 is 0 Å². The van der Waals surface area contributed by atoms with E-state index in [4.69, 9.17) is 18.9 Å². The SMILES string of the molecule is CCOC(CCN1COc2c(C)c(C)c3c(c2C1)CC[C@@](C)(CCC=C(C)CCC=C(C)CCC=C(C)C)O3)OCC. The van der Waals surface area contributed by atoms with Gasteiger partial charge in [-0.3, -0.25) is 4.90 Å². The van der Waals surface area contributed by atoms with Crippen LogP contribution in [0.4, 0.5) is 0 Å². The summed E-state index contributed by atoms with van der Waals surface area (Å²) < 4.78 is 24.8. The molecule has 1 aromatic carbocycles. The molecule has 2 aliphatic rings. The molecule has 5 heteroatoms. The van der Waals surface area contributed by atoms with Crippen LogP contribution in [0.15, 0.2) is 34.9 Å². The normalized spacial score (nSPS) is 19.3. The van der Waals surface area contributed by atoms with Crippen molar-refractivity contribution in [2.24, 2.45) is 0 Å². The summed E-state index contributed by atoms with van der Waals surface area (Å²) in [6.07, 6.45) is 16.6. The van der Waals surface area contributed by atoms with Gasteiger partial charge in [0.1, 0.15) is 23.8 Å². The molecule has 3 rings (SSSR count). The van der Waals surface area contributed by atoms with Gasteiger partial charge in [0.2, 0.25) is 0 Å². The van der Waals surface area contributed by atoms with E-state index in [1.807, 2.05) is 13.8 Å². The Hall–Kier alpha value is -2.08. The summed E-state index contributed by atoms with van der Waals surface area (Å²) in [5, 5.41) is 0. The van der Waals surface area contributed by atoms with Crippen molar-refractivity contribution < 1.29 is 18.9 Å². The zero-order valence-corrected chi connectivity index (χ0v) is 28.3. The van der Waals surface area contributed by atoms with Crippen LogP contribution in [0.25, 0.3) is 0 Å². The fourth-order valence-corrected chi connectivity index (χ4v) is 6.10. The largest absolute Gasteiger partial charge is 0.487 e. The average Bonchev–Trinajstić information content (AvgIpc) is 2.94. The molecule has 1 atom stereocenters. The van der Waals surface area contributed by atoms with Crippen LogP contribution in [-0.2, 0) is 22.4 Å². The molecule has 42 heavy (non-hydrogen) atoms. The van der Waals surface area contributed by atoms with E-state index in [2.05, 4.69) is 71.6 Å². The number of rotatable bonds is 16. The highest BCUT2D eigenvalue weighted by molar-refractivity contribution is 5.60. The lowest BCUT2D eigenvalue weighted by Gasteiger charge is -2.40. The minimum Gasteiger partial charge on any atom is -0.487 e. The molecule has 236 valence electrons. The minimum absolute atomic E-state index is 0.145. The predicted molar refractivity (Wildman–Crippen MR) is 175 cm³/mol. The molecule has 0 saturated heterocycles. The Morgan fingerprint density at radius 2 is 1.50 bits per heavy atom. The molecule has 0 bridgehead atoms. The van der Waals surface area contributed by atoms with Crippen LogP contribution in [0, 0.1) is 13.8 Å². The number of hydrogen-bond donors (Lipinski definition) is 0.